The van der Waals surface area contributed by atoms with E-state index in [0.29, 0.717) is 58.0 Å². The van der Waals surface area contributed by atoms with Crippen LogP contribution >= 0.6 is 11.8 Å². The van der Waals surface area contributed by atoms with E-state index in [1.807, 2.05) is 77.8 Å². The molecular weight excluding hydrogens is 1090 g/mol. The van der Waals surface area contributed by atoms with E-state index < -0.39 is 101 Å². The molecule has 1 aromatic carbocycles. The maximum atomic E-state index is 14.5. The molecule has 24 nitrogen and oxygen atoms in total. The summed E-state index contributed by atoms with van der Waals surface area (Å²) in [7, 11) is 6.60. The van der Waals surface area contributed by atoms with Crippen LogP contribution < -0.4 is 33.0 Å². The number of hydrogen-bond acceptors (Lipinski definition) is 16. The third-order valence-corrected chi connectivity index (χ3v) is 17.5. The van der Waals surface area contributed by atoms with E-state index in [4.69, 9.17) is 26.0 Å². The molecule has 3 heterocycles. The van der Waals surface area contributed by atoms with E-state index in [-0.39, 0.29) is 79.9 Å². The highest BCUT2D eigenvalue weighted by atomic mass is 32.2. The first kappa shape index (κ1) is 69.5. The number of rotatable bonds is 35. The minimum atomic E-state index is -1.18. The summed E-state index contributed by atoms with van der Waals surface area (Å²) in [5.41, 5.74) is 17.9. The van der Waals surface area contributed by atoms with Gasteiger partial charge in [-0.3, -0.25) is 78.8 Å². The number of carboxylic acid groups (broad SMARTS) is 1. The van der Waals surface area contributed by atoms with Crippen LogP contribution in [0.1, 0.15) is 125 Å². The van der Waals surface area contributed by atoms with Crippen molar-refractivity contribution in [2.45, 2.75) is 179 Å². The lowest BCUT2D eigenvalue weighted by Gasteiger charge is -2.43. The zero-order valence-corrected chi connectivity index (χ0v) is 51.2. The second kappa shape index (κ2) is 33.5. The Hall–Kier alpha value is -5.99. The normalized spacial score (nSPS) is 18.9. The zero-order chi connectivity index (χ0) is 61.8. The first-order valence-corrected chi connectivity index (χ1v) is 30.1. The number of H-pyrrole nitrogens is 1. The number of hydrogen-bond donors (Lipinski definition) is 8. The molecule has 2 saturated heterocycles. The SMILES string of the molecule is CC[C@H](C)[C@@H]([C@@H](CC(=O)N1CCC[C@H]1[C@H](OC)[C@@H](C)C(=O)N[C@@H](Cc1c[nH]c2ccccc12)C(N)=O)OC)N(C)[C@H](C(=O)NC(=O)[C@H](C(C)C)N(C)CCCC(=O)NNC(=O)CCCCCN1C(=O)CC(SC[C@H](N)C(=O)O)C1=O)C(C)C. The van der Waals surface area contributed by atoms with Crippen LogP contribution in [0.2, 0.25) is 0 Å². The van der Waals surface area contributed by atoms with Crippen LogP contribution in [0.3, 0.4) is 0 Å². The van der Waals surface area contributed by atoms with Crippen LogP contribution in [0.25, 0.3) is 10.9 Å². The van der Waals surface area contributed by atoms with Crippen molar-refractivity contribution in [1.82, 2.24) is 46.1 Å². The number of amides is 9. The zero-order valence-electron chi connectivity index (χ0n) is 50.4. The number of hydrazine groups is 1. The Morgan fingerprint density at radius 2 is 1.51 bits per heavy atom. The molecule has 0 radical (unpaired) electrons. The van der Waals surface area contributed by atoms with Gasteiger partial charge in [0.15, 0.2) is 0 Å². The molecule has 2 aliphatic rings. The highest BCUT2D eigenvalue weighted by Crippen LogP contribution is 2.31. The van der Waals surface area contributed by atoms with Gasteiger partial charge in [-0.05, 0) is 82.1 Å². The highest BCUT2D eigenvalue weighted by Gasteiger charge is 2.44. The van der Waals surface area contributed by atoms with Crippen molar-refractivity contribution in [2.75, 3.05) is 53.7 Å². The monoisotopic (exact) mass is 1180 g/mol. The summed E-state index contributed by atoms with van der Waals surface area (Å²) in [6.45, 7) is 14.2. The van der Waals surface area contributed by atoms with E-state index in [9.17, 15) is 47.9 Å². The Morgan fingerprint density at radius 3 is 2.11 bits per heavy atom. The number of likely N-dealkylation sites (N-methyl/N-ethyl adjacent to an activating group) is 2. The van der Waals surface area contributed by atoms with E-state index in [1.54, 1.807) is 30.0 Å². The number of benzene rings is 1. The topological polar surface area (TPSA) is 338 Å². The van der Waals surface area contributed by atoms with Gasteiger partial charge in [0.2, 0.25) is 53.2 Å². The van der Waals surface area contributed by atoms with E-state index in [2.05, 4.69) is 26.5 Å². The van der Waals surface area contributed by atoms with E-state index in [1.165, 1.54) is 14.2 Å². The fourth-order valence-corrected chi connectivity index (χ4v) is 12.7. The third-order valence-electron chi connectivity index (χ3n) is 16.2. The van der Waals surface area contributed by atoms with Gasteiger partial charge < -0.3 is 41.2 Å². The summed E-state index contributed by atoms with van der Waals surface area (Å²) in [6.07, 6.45) is 4.36. The van der Waals surface area contributed by atoms with E-state index >= 15 is 0 Å². The van der Waals surface area contributed by atoms with Gasteiger partial charge in [-0.1, -0.05) is 79.5 Å². The number of nitrogens with two attached hydrogens (primary N) is 2. The Bertz CT molecular complexity index is 2550. The molecular formula is C58H93N11O13S. The number of methoxy groups -OCH3 is 2. The molecule has 0 bridgehead atoms. The van der Waals surface area contributed by atoms with Crippen molar-refractivity contribution in [2.24, 2.45) is 35.1 Å². The Morgan fingerprint density at radius 1 is 0.867 bits per heavy atom. The predicted molar refractivity (Wildman–Crippen MR) is 314 cm³/mol. The lowest BCUT2D eigenvalue weighted by molar-refractivity contribution is -0.145. The average Bonchev–Trinajstić information content (AvgIpc) is 4.27. The molecule has 10 N–H and O–H groups in total. The molecule has 0 spiro atoms. The van der Waals surface area contributed by atoms with Crippen LogP contribution in [0, 0.1) is 23.7 Å². The summed E-state index contributed by atoms with van der Waals surface area (Å²) in [5.74, 6) is -6.43. The van der Waals surface area contributed by atoms with Crippen molar-refractivity contribution in [3.63, 3.8) is 0 Å². The number of carbonyl (C=O) groups is 10. The molecule has 2 aromatic rings. The lowest BCUT2D eigenvalue weighted by Crippen LogP contribution is -2.60. The fraction of sp³-hybridized carbons (Fsp3) is 0.690. The number of imide groups is 2. The average molecular weight is 1180 g/mol. The van der Waals surface area contributed by atoms with Crippen LogP contribution in [0.15, 0.2) is 30.5 Å². The Kier molecular flexibility index (Phi) is 28.0. The van der Waals surface area contributed by atoms with Gasteiger partial charge in [0.1, 0.15) is 12.1 Å². The van der Waals surface area contributed by atoms with Crippen molar-refractivity contribution in [3.8, 4) is 0 Å². The van der Waals surface area contributed by atoms with Gasteiger partial charge in [-0.25, -0.2) is 0 Å². The van der Waals surface area contributed by atoms with Crippen molar-refractivity contribution in [1.29, 1.82) is 0 Å². The van der Waals surface area contributed by atoms with Gasteiger partial charge in [0.25, 0.3) is 0 Å². The number of ether oxygens (including phenoxy) is 2. The molecule has 4 rings (SSSR count). The third kappa shape index (κ3) is 19.5. The van der Waals surface area contributed by atoms with Gasteiger partial charge in [-0.15, -0.1) is 11.8 Å². The number of carbonyl (C=O) groups excluding carboxylic acids is 9. The summed E-state index contributed by atoms with van der Waals surface area (Å²) in [5, 5.41) is 14.8. The maximum Gasteiger partial charge on any atom is 0.321 e. The first-order chi connectivity index (χ1) is 39.3. The standard InChI is InChI=1S/C58H93N11O13S/c1-12-35(6)51(43(81-10)29-47(72)68-27-18-22-42(68)52(82-11)36(7)54(75)62-41(53(60)74)28-37-31-61-40-21-16-15-20-38(37)40)67(9)50(34(4)5)56(77)63-55(76)49(33(2)3)66(8)25-19-24-46(71)65-64-45(70)23-14-13-17-26-69-48(73)30-44(57(69)78)83-32-39(59)58(79)80/h15-16,20-21,31,33-36,39,41-44,49-52,61H,12-14,17-19,22-30,32,59H2,1-11H3,(H2,60,74)(H,62,75)(H,64,70)(H,65,71)(H,79,80)(H,63,76,77)/t35-,36+,39-,41-,42-,43+,44?,49-,50-,51-,52+/m0/s1. The summed E-state index contributed by atoms with van der Waals surface area (Å²) in [6, 6.07) is 3.04. The van der Waals surface area contributed by atoms with Crippen LogP contribution in [0.4, 0.5) is 0 Å². The van der Waals surface area contributed by atoms with Crippen molar-refractivity contribution in [3.05, 3.63) is 36.0 Å². The summed E-state index contributed by atoms with van der Waals surface area (Å²) >= 11 is 1.05. The number of thioether (sulfide) groups is 1. The quantitative estimate of drug-likeness (QED) is 0.0279. The molecule has 83 heavy (non-hydrogen) atoms. The number of primary amides is 1. The number of unbranched alkanes of at least 4 members (excludes halogenated alkanes) is 2. The molecule has 464 valence electrons. The molecule has 9 amide bonds. The summed E-state index contributed by atoms with van der Waals surface area (Å²) < 4.78 is 12.1. The second-order valence-electron chi connectivity index (χ2n) is 22.9. The number of fused-ring (bicyclic) bond motifs is 1. The van der Waals surface area contributed by atoms with Crippen LogP contribution in [-0.2, 0) is 63.8 Å². The maximum absolute atomic E-state index is 14.5. The highest BCUT2D eigenvalue weighted by molar-refractivity contribution is 8.00. The van der Waals surface area contributed by atoms with Crippen LogP contribution in [0.5, 0.6) is 0 Å². The van der Waals surface area contributed by atoms with Crippen molar-refractivity contribution >= 4 is 81.8 Å². The summed E-state index contributed by atoms with van der Waals surface area (Å²) in [4.78, 5) is 141. The van der Waals surface area contributed by atoms with Crippen LogP contribution in [-0.4, -0.2) is 196 Å². The number of aliphatic carboxylic acids is 1. The molecule has 2 aliphatic heterocycles. The van der Waals surface area contributed by atoms with Gasteiger partial charge in [0.05, 0.1) is 47.9 Å². The number of aromatic amines is 1. The molecule has 1 aromatic heterocycles. The van der Waals surface area contributed by atoms with Gasteiger partial charge in [-0.2, -0.15) is 0 Å². The minimum Gasteiger partial charge on any atom is -0.480 e. The van der Waals surface area contributed by atoms with Crippen molar-refractivity contribution < 1.29 is 62.5 Å². The van der Waals surface area contributed by atoms with Gasteiger partial charge >= 0.3 is 5.97 Å². The number of nitrogens with zero attached hydrogens (tertiary/aromatic N) is 4. The largest absolute Gasteiger partial charge is 0.480 e. The molecule has 0 aliphatic carbocycles. The number of aromatic nitrogens is 1. The molecule has 25 heteroatoms. The predicted octanol–water partition coefficient (Wildman–Crippen LogP) is 2.46. The number of para-hydroxylation sites is 1. The molecule has 0 saturated carbocycles. The lowest BCUT2D eigenvalue weighted by atomic mass is 9.87. The second-order valence-corrected chi connectivity index (χ2v) is 24.1. The van der Waals surface area contributed by atoms with Gasteiger partial charge in [0, 0.05) is 81.9 Å². The van der Waals surface area contributed by atoms with E-state index in [0.717, 1.165) is 33.1 Å². The Labute approximate surface area is 492 Å². The molecule has 11 atom stereocenters. The minimum absolute atomic E-state index is 0.00723. The smallest absolute Gasteiger partial charge is 0.321 e. The first-order valence-electron chi connectivity index (χ1n) is 29.1. The number of nitrogens with one attached hydrogen (secondary N) is 5. The number of carboxylic acids is 1. The molecule has 1 unspecified atom stereocenters. The Balaban J connectivity index is 1.28. The fourth-order valence-electron chi connectivity index (χ4n) is 11.6. The number of likely N-dealkylation sites (tertiary alicyclic amines) is 2. The molecule has 2 fully saturated rings.